The van der Waals surface area contributed by atoms with Crippen molar-refractivity contribution in [2.45, 2.75) is 12.5 Å². The summed E-state index contributed by atoms with van der Waals surface area (Å²) in [6.45, 7) is 0. The van der Waals surface area contributed by atoms with Gasteiger partial charge in [-0.25, -0.2) is 9.42 Å². The van der Waals surface area contributed by atoms with Crippen molar-refractivity contribution in [3.05, 3.63) is 41.6 Å². The van der Waals surface area contributed by atoms with Gasteiger partial charge in [-0.3, -0.25) is 4.79 Å². The fourth-order valence-electron chi connectivity index (χ4n) is 1.76. The summed E-state index contributed by atoms with van der Waals surface area (Å²) in [4.78, 5) is 23.8. The topological polar surface area (TPSA) is 120 Å². The van der Waals surface area contributed by atoms with Gasteiger partial charge in [0.15, 0.2) is 0 Å². The van der Waals surface area contributed by atoms with Crippen LogP contribution in [0.5, 0.6) is 0 Å². The lowest BCUT2D eigenvalue weighted by molar-refractivity contribution is -0.142. The number of aromatic nitrogens is 2. The Kier molecular flexibility index (Phi) is 4.50. The van der Waals surface area contributed by atoms with Gasteiger partial charge in [-0.05, 0) is 15.9 Å². The molecule has 110 valence electrons. The minimum Gasteiger partial charge on any atom is -0.467 e. The Bertz CT molecular complexity index is 626. The predicted octanol–water partition coefficient (Wildman–Crippen LogP) is 0.166. The fourth-order valence-corrected chi connectivity index (χ4v) is 1.76. The Labute approximate surface area is 120 Å². The van der Waals surface area contributed by atoms with Crippen LogP contribution in [0.3, 0.4) is 0 Å². The number of amides is 1. The van der Waals surface area contributed by atoms with Crippen molar-refractivity contribution in [3.63, 3.8) is 0 Å². The first-order chi connectivity index (χ1) is 10.1. The number of carbonyl (C=O) groups excluding carboxylic acids is 2. The van der Waals surface area contributed by atoms with Crippen LogP contribution in [0.15, 0.2) is 35.0 Å². The van der Waals surface area contributed by atoms with Crippen LogP contribution in [-0.2, 0) is 16.0 Å². The van der Waals surface area contributed by atoms with Crippen molar-refractivity contribution < 1.29 is 19.0 Å². The fraction of sp³-hybridized carbons (Fsp3) is 0.231. The number of hydrogen-bond donors (Lipinski definition) is 2. The van der Waals surface area contributed by atoms with Crippen molar-refractivity contribution in [1.29, 1.82) is 0 Å². The van der Waals surface area contributed by atoms with Crippen molar-refractivity contribution in [3.8, 4) is 0 Å². The summed E-state index contributed by atoms with van der Waals surface area (Å²) in [5, 5.41) is 9.20. The number of nitrogens with one attached hydrogen (secondary N) is 1. The first kappa shape index (κ1) is 14.5. The number of benzene rings is 1. The highest BCUT2D eigenvalue weighted by Gasteiger charge is 2.25. The molecule has 1 unspecified atom stereocenters. The summed E-state index contributed by atoms with van der Waals surface area (Å²) >= 11 is 0. The Morgan fingerprint density at radius 2 is 2.05 bits per heavy atom. The Morgan fingerprint density at radius 3 is 2.62 bits per heavy atom. The second-order valence-electron chi connectivity index (χ2n) is 4.24. The highest BCUT2D eigenvalue weighted by Crippen LogP contribution is 2.08. The zero-order valence-corrected chi connectivity index (χ0v) is 11.3. The molecule has 2 rings (SSSR count). The van der Waals surface area contributed by atoms with E-state index in [0.29, 0.717) is 0 Å². The minimum absolute atomic E-state index is 0.143. The maximum Gasteiger partial charge on any atom is 0.328 e. The number of rotatable bonds is 5. The summed E-state index contributed by atoms with van der Waals surface area (Å²) < 4.78 is 9.04. The third kappa shape index (κ3) is 3.56. The summed E-state index contributed by atoms with van der Waals surface area (Å²) in [7, 11) is 1.25. The Morgan fingerprint density at radius 1 is 1.33 bits per heavy atom. The van der Waals surface area contributed by atoms with Gasteiger partial charge in [-0.2, -0.15) is 0 Å². The van der Waals surface area contributed by atoms with E-state index in [1.165, 1.54) is 7.11 Å². The van der Waals surface area contributed by atoms with E-state index < -0.39 is 17.9 Å². The lowest BCUT2D eigenvalue weighted by atomic mass is 10.1. The van der Waals surface area contributed by atoms with Gasteiger partial charge in [0.2, 0.25) is 11.5 Å². The zero-order valence-electron chi connectivity index (χ0n) is 11.3. The van der Waals surface area contributed by atoms with Crippen molar-refractivity contribution >= 4 is 17.7 Å². The first-order valence-corrected chi connectivity index (χ1v) is 6.12. The summed E-state index contributed by atoms with van der Waals surface area (Å²) in [6.07, 6.45) is 0.282. The van der Waals surface area contributed by atoms with E-state index in [0.717, 1.165) is 5.56 Å². The smallest absolute Gasteiger partial charge is 0.328 e. The van der Waals surface area contributed by atoms with Crippen LogP contribution in [0, 0.1) is 0 Å². The molecule has 0 saturated heterocycles. The molecule has 1 aromatic heterocycles. The van der Waals surface area contributed by atoms with E-state index in [4.69, 9.17) is 5.73 Å². The molecule has 0 radical (unpaired) electrons. The van der Waals surface area contributed by atoms with Crippen LogP contribution < -0.4 is 11.1 Å². The van der Waals surface area contributed by atoms with Gasteiger partial charge < -0.3 is 15.8 Å². The highest BCUT2D eigenvalue weighted by atomic mass is 16.6. The summed E-state index contributed by atoms with van der Waals surface area (Å²) in [5.41, 5.74) is 6.14. The molecular formula is C13H14N4O4. The van der Waals surface area contributed by atoms with E-state index in [-0.39, 0.29) is 17.9 Å². The number of hydrogen-bond acceptors (Lipinski definition) is 7. The van der Waals surface area contributed by atoms with Gasteiger partial charge in [0, 0.05) is 6.42 Å². The first-order valence-electron chi connectivity index (χ1n) is 6.12. The van der Waals surface area contributed by atoms with Crippen LogP contribution >= 0.6 is 0 Å². The normalized spacial score (nSPS) is 11.7. The van der Waals surface area contributed by atoms with E-state index in [9.17, 15) is 9.59 Å². The number of carbonyl (C=O) groups is 2. The molecule has 1 amide bonds. The third-order valence-electron chi connectivity index (χ3n) is 2.80. The molecule has 0 bridgehead atoms. The lowest BCUT2D eigenvalue weighted by Crippen LogP contribution is -2.43. The molecule has 21 heavy (non-hydrogen) atoms. The molecule has 0 fully saturated rings. The number of anilines is 1. The van der Waals surface area contributed by atoms with Gasteiger partial charge in [0.1, 0.15) is 6.04 Å². The molecule has 1 atom stereocenters. The lowest BCUT2D eigenvalue weighted by Gasteiger charge is -2.15. The van der Waals surface area contributed by atoms with Gasteiger partial charge in [-0.15, -0.1) is 0 Å². The van der Waals surface area contributed by atoms with Crippen LogP contribution in [-0.4, -0.2) is 35.3 Å². The largest absolute Gasteiger partial charge is 0.467 e. The van der Waals surface area contributed by atoms with E-state index in [2.05, 4.69) is 25.0 Å². The van der Waals surface area contributed by atoms with Crippen molar-refractivity contribution in [2.24, 2.45) is 0 Å². The molecule has 8 nitrogen and oxygen atoms in total. The second-order valence-corrected chi connectivity index (χ2v) is 4.24. The molecule has 0 saturated carbocycles. The minimum atomic E-state index is -0.860. The molecule has 1 heterocycles. The Hall–Kier alpha value is -2.90. The van der Waals surface area contributed by atoms with Gasteiger partial charge in [0.25, 0.3) is 5.91 Å². The van der Waals surface area contributed by atoms with Gasteiger partial charge >= 0.3 is 5.97 Å². The average Bonchev–Trinajstić information content (AvgIpc) is 2.93. The van der Waals surface area contributed by atoms with Crippen LogP contribution in [0.2, 0.25) is 0 Å². The number of ether oxygens (including phenoxy) is 1. The molecule has 8 heteroatoms. The third-order valence-corrected chi connectivity index (χ3v) is 2.80. The number of nitrogens with zero attached hydrogens (tertiary/aromatic N) is 2. The molecular weight excluding hydrogens is 276 g/mol. The monoisotopic (exact) mass is 290 g/mol. The van der Waals surface area contributed by atoms with Gasteiger partial charge in [-0.1, -0.05) is 30.3 Å². The van der Waals surface area contributed by atoms with E-state index >= 15 is 0 Å². The molecule has 1 aromatic carbocycles. The summed E-state index contributed by atoms with van der Waals surface area (Å²) in [5.74, 6) is -1.36. The summed E-state index contributed by atoms with van der Waals surface area (Å²) in [6, 6.07) is 8.36. The molecule has 0 spiro atoms. The Balaban J connectivity index is 2.12. The number of nitrogens with two attached hydrogens (primary N) is 1. The SMILES string of the molecule is COC(=O)C(Cc1ccccc1)NC(=O)c1nonc1N. The molecule has 0 aliphatic rings. The molecule has 0 aliphatic heterocycles. The van der Waals surface area contributed by atoms with E-state index in [1.54, 1.807) is 0 Å². The maximum atomic E-state index is 12.0. The average molecular weight is 290 g/mol. The van der Waals surface area contributed by atoms with Crippen LogP contribution in [0.25, 0.3) is 0 Å². The van der Waals surface area contributed by atoms with Gasteiger partial charge in [0.05, 0.1) is 7.11 Å². The highest BCUT2D eigenvalue weighted by molar-refractivity contribution is 5.98. The predicted molar refractivity (Wildman–Crippen MR) is 72.1 cm³/mol. The molecule has 2 aromatic rings. The zero-order chi connectivity index (χ0) is 15.2. The van der Waals surface area contributed by atoms with Crippen molar-refractivity contribution in [2.75, 3.05) is 12.8 Å². The molecule has 0 aliphatic carbocycles. The number of methoxy groups -OCH3 is 1. The maximum absolute atomic E-state index is 12.0. The number of nitrogen functional groups attached to an aromatic ring is 1. The van der Waals surface area contributed by atoms with Crippen molar-refractivity contribution in [1.82, 2.24) is 15.6 Å². The second kappa shape index (κ2) is 6.51. The standard InChI is InChI=1S/C13H14N4O4/c1-20-13(19)9(7-8-5-3-2-4-6-8)15-12(18)10-11(14)17-21-16-10/h2-6,9H,7H2,1H3,(H2,14,17)(H,15,18). The van der Waals surface area contributed by atoms with E-state index in [1.807, 2.05) is 30.3 Å². The quantitative estimate of drug-likeness (QED) is 0.753. The molecule has 3 N–H and O–H groups in total. The van der Waals surface area contributed by atoms with Crippen LogP contribution in [0.4, 0.5) is 5.82 Å². The number of esters is 1. The van der Waals surface area contributed by atoms with Crippen LogP contribution in [0.1, 0.15) is 16.1 Å².